The predicted molar refractivity (Wildman–Crippen MR) is 122 cm³/mol. The van der Waals surface area contributed by atoms with Gasteiger partial charge in [0.2, 0.25) is 5.91 Å². The Morgan fingerprint density at radius 2 is 1.81 bits per heavy atom. The molecule has 0 unspecified atom stereocenters. The minimum absolute atomic E-state index is 0. The van der Waals surface area contributed by atoms with Gasteiger partial charge < -0.3 is 16.0 Å². The van der Waals surface area contributed by atoms with E-state index in [-0.39, 0.29) is 35.3 Å². The van der Waals surface area contributed by atoms with Gasteiger partial charge in [0.15, 0.2) is 5.96 Å². The van der Waals surface area contributed by atoms with Crippen LogP contribution in [0.5, 0.6) is 0 Å². The lowest BCUT2D eigenvalue weighted by Gasteiger charge is -2.23. The fourth-order valence-corrected chi connectivity index (χ4v) is 3.82. The molecule has 2 aliphatic carbocycles. The number of carbonyl (C=O) groups is 1. The van der Waals surface area contributed by atoms with Crippen molar-refractivity contribution in [3.63, 3.8) is 0 Å². The van der Waals surface area contributed by atoms with Crippen LogP contribution in [0.1, 0.15) is 56.9 Å². The van der Waals surface area contributed by atoms with Crippen molar-refractivity contribution in [3.05, 3.63) is 35.9 Å². The van der Waals surface area contributed by atoms with Gasteiger partial charge in [-0.1, -0.05) is 49.6 Å². The number of carbonyl (C=O) groups excluding carboxylic acids is 1. The van der Waals surface area contributed by atoms with Crippen LogP contribution in [0.3, 0.4) is 0 Å². The molecule has 0 spiro atoms. The van der Waals surface area contributed by atoms with E-state index in [1.54, 1.807) is 7.05 Å². The summed E-state index contributed by atoms with van der Waals surface area (Å²) < 4.78 is 0. The number of aliphatic imine (C=N–C) groups is 1. The van der Waals surface area contributed by atoms with E-state index in [2.05, 4.69) is 51.3 Å². The molecule has 0 atom stereocenters. The Bertz CT molecular complexity index is 610. The molecule has 2 aliphatic rings. The van der Waals surface area contributed by atoms with Crippen molar-refractivity contribution in [1.82, 2.24) is 16.0 Å². The number of nitrogens with one attached hydrogen (secondary N) is 3. The molecule has 0 saturated heterocycles. The van der Waals surface area contributed by atoms with E-state index in [1.165, 1.54) is 37.7 Å². The molecule has 0 heterocycles. The second kappa shape index (κ2) is 10.9. The summed E-state index contributed by atoms with van der Waals surface area (Å²) in [5, 5.41) is 9.86. The average Bonchev–Trinajstić information content (AvgIpc) is 3.47. The van der Waals surface area contributed by atoms with Gasteiger partial charge in [-0.05, 0) is 31.2 Å². The normalized spacial score (nSPS) is 18.9. The summed E-state index contributed by atoms with van der Waals surface area (Å²) in [6.07, 6.45) is 8.96. The van der Waals surface area contributed by atoms with Crippen LogP contribution in [-0.4, -0.2) is 38.0 Å². The zero-order chi connectivity index (χ0) is 18.2. The Morgan fingerprint density at radius 3 is 2.44 bits per heavy atom. The van der Waals surface area contributed by atoms with Crippen LogP contribution in [0.25, 0.3) is 0 Å². The van der Waals surface area contributed by atoms with Crippen LogP contribution in [0.2, 0.25) is 0 Å². The van der Waals surface area contributed by atoms with Crippen molar-refractivity contribution in [3.8, 4) is 0 Å². The molecule has 0 aliphatic heterocycles. The number of halogens is 1. The molecule has 2 fully saturated rings. The Hall–Kier alpha value is -1.31. The van der Waals surface area contributed by atoms with Crippen molar-refractivity contribution in [2.75, 3.05) is 20.1 Å². The Kier molecular flexibility index (Phi) is 8.86. The average molecular weight is 484 g/mol. The number of guanidine groups is 1. The third-order valence-electron chi connectivity index (χ3n) is 5.67. The summed E-state index contributed by atoms with van der Waals surface area (Å²) in [5.74, 6) is 0.917. The first-order chi connectivity index (χ1) is 12.7. The molecule has 27 heavy (non-hydrogen) atoms. The van der Waals surface area contributed by atoms with Crippen LogP contribution in [0.15, 0.2) is 35.3 Å². The molecule has 0 bridgehead atoms. The molecule has 150 valence electrons. The number of rotatable bonds is 7. The molecule has 0 radical (unpaired) electrons. The van der Waals surface area contributed by atoms with Gasteiger partial charge in [-0.2, -0.15) is 0 Å². The van der Waals surface area contributed by atoms with Crippen molar-refractivity contribution in [1.29, 1.82) is 0 Å². The molecule has 3 N–H and O–H groups in total. The van der Waals surface area contributed by atoms with Gasteiger partial charge in [0.05, 0.1) is 0 Å². The second-order valence-corrected chi connectivity index (χ2v) is 7.65. The van der Waals surface area contributed by atoms with Crippen LogP contribution in [0.4, 0.5) is 0 Å². The smallest absolute Gasteiger partial charge is 0.221 e. The number of amides is 1. The van der Waals surface area contributed by atoms with Gasteiger partial charge in [0.25, 0.3) is 0 Å². The van der Waals surface area contributed by atoms with Crippen molar-refractivity contribution in [2.24, 2.45) is 4.99 Å². The second-order valence-electron chi connectivity index (χ2n) is 7.65. The number of hydrogen-bond acceptors (Lipinski definition) is 2. The highest BCUT2D eigenvalue weighted by atomic mass is 127. The lowest BCUT2D eigenvalue weighted by atomic mass is 9.95. The fourth-order valence-electron chi connectivity index (χ4n) is 3.82. The monoisotopic (exact) mass is 484 g/mol. The van der Waals surface area contributed by atoms with Crippen LogP contribution < -0.4 is 16.0 Å². The van der Waals surface area contributed by atoms with Gasteiger partial charge in [-0.3, -0.25) is 9.79 Å². The molecule has 6 heteroatoms. The summed E-state index contributed by atoms with van der Waals surface area (Å²) in [4.78, 5) is 16.4. The maximum atomic E-state index is 12.1. The largest absolute Gasteiger partial charge is 0.356 e. The molecule has 2 saturated carbocycles. The summed E-state index contributed by atoms with van der Waals surface area (Å²) in [6.45, 7) is 1.49. The van der Waals surface area contributed by atoms with Crippen molar-refractivity contribution >= 4 is 35.8 Å². The zero-order valence-corrected chi connectivity index (χ0v) is 18.6. The fraction of sp³-hybridized carbons (Fsp3) is 0.619. The Balaban J connectivity index is 0.00000261. The minimum atomic E-state index is 0. The van der Waals surface area contributed by atoms with Crippen molar-refractivity contribution < 1.29 is 4.79 Å². The molecular weight excluding hydrogens is 451 g/mol. The third-order valence-corrected chi connectivity index (χ3v) is 5.67. The van der Waals surface area contributed by atoms with Crippen molar-refractivity contribution in [2.45, 2.75) is 62.8 Å². The third kappa shape index (κ3) is 6.66. The maximum Gasteiger partial charge on any atom is 0.221 e. The quantitative estimate of drug-likeness (QED) is 0.316. The highest BCUT2D eigenvalue weighted by Gasteiger charge is 2.43. The van der Waals surface area contributed by atoms with Crippen LogP contribution in [0, 0.1) is 0 Å². The molecular formula is C21H33IN4O. The van der Waals surface area contributed by atoms with E-state index in [4.69, 9.17) is 0 Å². The van der Waals surface area contributed by atoms with E-state index >= 15 is 0 Å². The number of nitrogens with zero attached hydrogens (tertiary/aromatic N) is 1. The SMILES string of the molecule is CN=C(NCCC(=O)NC1CCCCC1)NCC1(c2ccccc2)CC1.I. The van der Waals surface area contributed by atoms with Gasteiger partial charge >= 0.3 is 0 Å². The van der Waals surface area contributed by atoms with E-state index < -0.39 is 0 Å². The molecule has 5 nitrogen and oxygen atoms in total. The van der Waals surface area contributed by atoms with Gasteiger partial charge in [0, 0.05) is 38.0 Å². The van der Waals surface area contributed by atoms with Gasteiger partial charge in [-0.25, -0.2) is 0 Å². The first-order valence-electron chi connectivity index (χ1n) is 10.0. The number of benzene rings is 1. The molecule has 3 rings (SSSR count). The van der Waals surface area contributed by atoms with E-state index in [1.807, 2.05) is 0 Å². The summed E-state index contributed by atoms with van der Waals surface area (Å²) >= 11 is 0. The van der Waals surface area contributed by atoms with E-state index in [9.17, 15) is 4.79 Å². The summed E-state index contributed by atoms with van der Waals surface area (Å²) in [5.41, 5.74) is 1.65. The highest BCUT2D eigenvalue weighted by molar-refractivity contribution is 14.0. The highest BCUT2D eigenvalue weighted by Crippen LogP contribution is 2.47. The first-order valence-corrected chi connectivity index (χ1v) is 10.0. The topological polar surface area (TPSA) is 65.5 Å². The minimum Gasteiger partial charge on any atom is -0.356 e. The van der Waals surface area contributed by atoms with Gasteiger partial charge in [0.1, 0.15) is 0 Å². The van der Waals surface area contributed by atoms with Crippen LogP contribution in [-0.2, 0) is 10.2 Å². The van der Waals surface area contributed by atoms with Crippen LogP contribution >= 0.6 is 24.0 Å². The molecule has 1 amide bonds. The van der Waals surface area contributed by atoms with E-state index in [0.717, 1.165) is 25.3 Å². The first kappa shape index (κ1) is 22.0. The standard InChI is InChI=1S/C21H32N4O.HI/c1-22-20(23-15-12-19(26)25-18-10-6-3-7-11-18)24-16-21(13-14-21)17-8-4-2-5-9-17;/h2,4-5,8-9,18H,3,6-7,10-16H2,1H3,(H,25,26)(H2,22,23,24);1H. The Morgan fingerprint density at radius 1 is 1.11 bits per heavy atom. The molecule has 1 aromatic rings. The molecule has 0 aromatic heterocycles. The lowest BCUT2D eigenvalue weighted by molar-refractivity contribution is -0.121. The zero-order valence-electron chi connectivity index (χ0n) is 16.3. The summed E-state index contributed by atoms with van der Waals surface area (Å²) in [7, 11) is 1.78. The summed E-state index contributed by atoms with van der Waals surface area (Å²) in [6, 6.07) is 11.1. The maximum absolute atomic E-state index is 12.1. The molecule has 1 aromatic carbocycles. The van der Waals surface area contributed by atoms with Gasteiger partial charge in [-0.15, -0.1) is 24.0 Å². The predicted octanol–water partition coefficient (Wildman–Crippen LogP) is 3.34. The van der Waals surface area contributed by atoms with E-state index in [0.29, 0.717) is 19.0 Å². The lowest BCUT2D eigenvalue weighted by Crippen LogP contribution is -2.43. The Labute approximate surface area is 180 Å². The number of hydrogen-bond donors (Lipinski definition) is 3.